The van der Waals surface area contributed by atoms with Crippen LogP contribution in [0.4, 0.5) is 5.69 Å². The van der Waals surface area contributed by atoms with Gasteiger partial charge in [0.15, 0.2) is 11.5 Å². The summed E-state index contributed by atoms with van der Waals surface area (Å²) in [6.45, 7) is 6.31. The van der Waals surface area contributed by atoms with Gasteiger partial charge in [0.25, 0.3) is 5.91 Å². The van der Waals surface area contributed by atoms with E-state index >= 15 is 0 Å². The summed E-state index contributed by atoms with van der Waals surface area (Å²) < 4.78 is 16.8. The first kappa shape index (κ1) is 22.3. The fourth-order valence-electron chi connectivity index (χ4n) is 3.09. The van der Waals surface area contributed by atoms with Crippen molar-refractivity contribution < 1.29 is 19.0 Å². The average Bonchev–Trinajstić information content (AvgIpc) is 2.76. The van der Waals surface area contributed by atoms with Crippen LogP contribution < -0.4 is 14.8 Å². The largest absolute Gasteiger partial charge is 0.490 e. The van der Waals surface area contributed by atoms with Crippen LogP contribution in [0.1, 0.15) is 35.6 Å². The molecule has 2 aromatic carbocycles. The molecule has 0 aliphatic heterocycles. The molecule has 0 radical (unpaired) electrons. The number of hydrogen-bond acceptors (Lipinski definition) is 5. The number of benzene rings is 2. The van der Waals surface area contributed by atoms with E-state index in [0.29, 0.717) is 47.2 Å². The van der Waals surface area contributed by atoms with Crippen molar-refractivity contribution in [3.8, 4) is 17.2 Å². The summed E-state index contributed by atoms with van der Waals surface area (Å²) in [5, 5.41) is 2.91. The lowest BCUT2D eigenvalue weighted by atomic mass is 10.1. The highest BCUT2D eigenvalue weighted by Gasteiger charge is 2.13. The third kappa shape index (κ3) is 6.06. The number of hydrogen-bond donors (Lipinski definition) is 1. The predicted octanol–water partition coefficient (Wildman–Crippen LogP) is 5.41. The van der Waals surface area contributed by atoms with E-state index in [0.717, 1.165) is 5.69 Å². The number of amides is 1. The number of para-hydroxylation sites is 2. The van der Waals surface area contributed by atoms with Crippen LogP contribution in [0.25, 0.3) is 0 Å². The number of nitrogens with one attached hydrogen (secondary N) is 1. The van der Waals surface area contributed by atoms with Crippen molar-refractivity contribution >= 4 is 11.6 Å². The van der Waals surface area contributed by atoms with Crippen molar-refractivity contribution in [1.82, 2.24) is 4.98 Å². The summed E-state index contributed by atoms with van der Waals surface area (Å²) in [5.41, 5.74) is 2.80. The lowest BCUT2D eigenvalue weighted by Gasteiger charge is -2.13. The van der Waals surface area contributed by atoms with Crippen LogP contribution in [-0.2, 0) is 11.2 Å². The Morgan fingerprint density at radius 2 is 1.74 bits per heavy atom. The number of anilines is 1. The molecule has 31 heavy (non-hydrogen) atoms. The summed E-state index contributed by atoms with van der Waals surface area (Å²) in [7, 11) is 1.67. The molecule has 1 heterocycles. The number of pyridine rings is 1. The predicted molar refractivity (Wildman–Crippen MR) is 121 cm³/mol. The van der Waals surface area contributed by atoms with Gasteiger partial charge in [0, 0.05) is 24.9 Å². The van der Waals surface area contributed by atoms with E-state index < -0.39 is 0 Å². The summed E-state index contributed by atoms with van der Waals surface area (Å²) >= 11 is 0. The lowest BCUT2D eigenvalue weighted by Crippen LogP contribution is -2.16. The second-order valence-electron chi connectivity index (χ2n) is 7.15. The topological polar surface area (TPSA) is 69.7 Å². The van der Waals surface area contributed by atoms with Crippen LogP contribution in [0.3, 0.4) is 0 Å². The number of aromatic nitrogens is 1. The molecule has 1 atom stereocenters. The third-order valence-corrected chi connectivity index (χ3v) is 4.78. The zero-order valence-electron chi connectivity index (χ0n) is 18.3. The number of carbonyl (C=O) groups excluding carboxylic acids is 1. The monoisotopic (exact) mass is 420 g/mol. The summed E-state index contributed by atoms with van der Waals surface area (Å²) in [4.78, 5) is 17.2. The second kappa shape index (κ2) is 10.6. The Hall–Kier alpha value is -3.38. The molecule has 0 spiro atoms. The Balaban J connectivity index is 1.65. The molecule has 6 heteroatoms. The molecule has 3 rings (SSSR count). The summed E-state index contributed by atoms with van der Waals surface area (Å²) in [5.74, 6) is 1.78. The first-order valence-corrected chi connectivity index (χ1v) is 10.3. The normalized spacial score (nSPS) is 11.6. The minimum absolute atomic E-state index is 0.0767. The number of carbonyl (C=O) groups is 1. The molecule has 0 fully saturated rings. The molecule has 0 saturated carbocycles. The van der Waals surface area contributed by atoms with Crippen LogP contribution in [0, 0.1) is 6.92 Å². The van der Waals surface area contributed by atoms with E-state index in [2.05, 4.69) is 10.3 Å². The zero-order valence-corrected chi connectivity index (χ0v) is 18.3. The molecule has 0 aliphatic carbocycles. The number of aryl methyl sites for hydroxylation is 1. The van der Waals surface area contributed by atoms with Crippen molar-refractivity contribution in [2.24, 2.45) is 0 Å². The van der Waals surface area contributed by atoms with Gasteiger partial charge in [-0.3, -0.25) is 9.78 Å². The number of nitrogens with zero attached hydrogens (tertiary/aromatic N) is 1. The van der Waals surface area contributed by atoms with E-state index in [1.807, 2.05) is 51.1 Å². The van der Waals surface area contributed by atoms with Gasteiger partial charge in [0.1, 0.15) is 5.75 Å². The van der Waals surface area contributed by atoms with Crippen LogP contribution in [-0.4, -0.2) is 30.7 Å². The Labute approximate surface area is 183 Å². The zero-order chi connectivity index (χ0) is 22.2. The number of methoxy groups -OCH3 is 1. The van der Waals surface area contributed by atoms with Crippen molar-refractivity contribution in [2.75, 3.05) is 19.0 Å². The SMILES string of the molecule is CCOc1ccccc1Oc1ccc(NC(=O)c2ccc(CC(C)OC)nc2C)cc1. The first-order valence-electron chi connectivity index (χ1n) is 10.3. The summed E-state index contributed by atoms with van der Waals surface area (Å²) in [6.07, 6.45) is 0.778. The maximum Gasteiger partial charge on any atom is 0.257 e. The van der Waals surface area contributed by atoms with Crippen LogP contribution in [0.15, 0.2) is 60.7 Å². The highest BCUT2D eigenvalue weighted by molar-refractivity contribution is 6.05. The minimum atomic E-state index is -0.202. The molecule has 3 aromatic rings. The lowest BCUT2D eigenvalue weighted by molar-refractivity contribution is 0.102. The van der Waals surface area contributed by atoms with Crippen LogP contribution in [0.5, 0.6) is 17.2 Å². The standard InChI is InChI=1S/C25H28N2O4/c1-5-30-23-8-6-7-9-24(23)31-21-13-10-19(11-14-21)27-25(28)22-15-12-20(26-18(22)3)16-17(2)29-4/h6-15,17H,5,16H2,1-4H3,(H,27,28). The van der Waals surface area contributed by atoms with E-state index in [1.54, 1.807) is 37.4 Å². The van der Waals surface area contributed by atoms with E-state index in [9.17, 15) is 4.79 Å². The van der Waals surface area contributed by atoms with E-state index in [4.69, 9.17) is 14.2 Å². The van der Waals surface area contributed by atoms with Gasteiger partial charge in [-0.1, -0.05) is 12.1 Å². The molecular weight excluding hydrogens is 392 g/mol. The van der Waals surface area contributed by atoms with Crippen LogP contribution in [0.2, 0.25) is 0 Å². The molecule has 1 aromatic heterocycles. The van der Waals surface area contributed by atoms with Crippen molar-refractivity contribution in [3.05, 3.63) is 77.6 Å². The Bertz CT molecular complexity index is 1020. The molecule has 0 bridgehead atoms. The average molecular weight is 421 g/mol. The van der Waals surface area contributed by atoms with Gasteiger partial charge in [-0.25, -0.2) is 0 Å². The summed E-state index contributed by atoms with van der Waals surface area (Å²) in [6, 6.07) is 18.4. The molecule has 1 unspecified atom stereocenters. The van der Waals surface area contributed by atoms with Gasteiger partial charge in [0.2, 0.25) is 0 Å². The van der Waals surface area contributed by atoms with E-state index in [-0.39, 0.29) is 12.0 Å². The first-order chi connectivity index (χ1) is 15.0. The molecule has 0 saturated heterocycles. The third-order valence-electron chi connectivity index (χ3n) is 4.78. The van der Waals surface area contributed by atoms with Crippen molar-refractivity contribution in [2.45, 2.75) is 33.3 Å². The Morgan fingerprint density at radius 1 is 1.03 bits per heavy atom. The maximum atomic E-state index is 12.7. The molecule has 0 aliphatic rings. The van der Waals surface area contributed by atoms with Gasteiger partial charge < -0.3 is 19.5 Å². The molecule has 1 N–H and O–H groups in total. The Kier molecular flexibility index (Phi) is 7.62. The van der Waals surface area contributed by atoms with Crippen molar-refractivity contribution in [1.29, 1.82) is 0 Å². The smallest absolute Gasteiger partial charge is 0.257 e. The van der Waals surface area contributed by atoms with Crippen LogP contribution >= 0.6 is 0 Å². The Morgan fingerprint density at radius 3 is 2.39 bits per heavy atom. The highest BCUT2D eigenvalue weighted by atomic mass is 16.5. The van der Waals surface area contributed by atoms with Gasteiger partial charge >= 0.3 is 0 Å². The number of rotatable bonds is 9. The number of ether oxygens (including phenoxy) is 3. The van der Waals surface area contributed by atoms with Gasteiger partial charge in [-0.05, 0) is 69.3 Å². The fraction of sp³-hybridized carbons (Fsp3) is 0.280. The highest BCUT2D eigenvalue weighted by Crippen LogP contribution is 2.31. The molecule has 162 valence electrons. The van der Waals surface area contributed by atoms with Gasteiger partial charge in [-0.2, -0.15) is 0 Å². The van der Waals surface area contributed by atoms with Gasteiger partial charge in [0.05, 0.1) is 24.0 Å². The quantitative estimate of drug-likeness (QED) is 0.501. The second-order valence-corrected chi connectivity index (χ2v) is 7.15. The maximum absolute atomic E-state index is 12.7. The van der Waals surface area contributed by atoms with Crippen molar-refractivity contribution in [3.63, 3.8) is 0 Å². The van der Waals surface area contributed by atoms with Gasteiger partial charge in [-0.15, -0.1) is 0 Å². The minimum Gasteiger partial charge on any atom is -0.490 e. The fourth-order valence-corrected chi connectivity index (χ4v) is 3.09. The van der Waals surface area contributed by atoms with E-state index in [1.165, 1.54) is 0 Å². The molecular formula is C25H28N2O4. The molecule has 1 amide bonds. The molecule has 6 nitrogen and oxygen atoms in total.